The van der Waals surface area contributed by atoms with E-state index in [1.165, 1.54) is 14.2 Å². The molecule has 0 N–H and O–H groups in total. The number of esters is 2. The highest BCUT2D eigenvalue weighted by Gasteiger charge is 2.21. The molecule has 0 aliphatic rings. The largest absolute Gasteiger partial charge is 0.496 e. The van der Waals surface area contributed by atoms with E-state index >= 15 is 0 Å². The van der Waals surface area contributed by atoms with Crippen LogP contribution in [0.25, 0.3) is 10.9 Å². The van der Waals surface area contributed by atoms with Gasteiger partial charge in [0.2, 0.25) is 0 Å². The van der Waals surface area contributed by atoms with Gasteiger partial charge in [-0.25, -0.2) is 14.6 Å². The molecule has 6 nitrogen and oxygen atoms in total. The molecule has 0 amide bonds. The van der Waals surface area contributed by atoms with Crippen molar-refractivity contribution in [1.82, 2.24) is 4.98 Å². The Balaban J connectivity index is 1.97. The van der Waals surface area contributed by atoms with E-state index in [1.807, 2.05) is 44.2 Å². The van der Waals surface area contributed by atoms with Crippen LogP contribution in [0, 0.1) is 13.8 Å². The predicted octanol–water partition coefficient (Wildman–Crippen LogP) is 4.00. The first kappa shape index (κ1) is 19.4. The number of pyridine rings is 1. The number of fused-ring (bicyclic) bond motifs is 1. The Kier molecular flexibility index (Phi) is 5.59. The van der Waals surface area contributed by atoms with Crippen LogP contribution in [0.5, 0.6) is 5.75 Å². The minimum Gasteiger partial charge on any atom is -0.496 e. The molecular formula is C22H21NO5. The lowest BCUT2D eigenvalue weighted by Crippen LogP contribution is -2.14. The average molecular weight is 379 g/mol. The SMILES string of the molecule is COC(=O)c1c(COC(=O)c2cc(C)ccc2OC)nc2ccccc2c1C. The van der Waals surface area contributed by atoms with Crippen LogP contribution in [0.2, 0.25) is 0 Å². The molecule has 0 fully saturated rings. The summed E-state index contributed by atoms with van der Waals surface area (Å²) in [5.74, 6) is -0.648. The molecule has 1 aromatic heterocycles. The van der Waals surface area contributed by atoms with Crippen molar-refractivity contribution in [3.63, 3.8) is 0 Å². The van der Waals surface area contributed by atoms with Gasteiger partial charge >= 0.3 is 11.9 Å². The Labute approximate surface area is 163 Å². The van der Waals surface area contributed by atoms with E-state index in [9.17, 15) is 9.59 Å². The molecule has 0 spiro atoms. The fourth-order valence-corrected chi connectivity index (χ4v) is 3.11. The second-order valence-corrected chi connectivity index (χ2v) is 6.35. The third kappa shape index (κ3) is 3.67. The van der Waals surface area contributed by atoms with Crippen LogP contribution in [0.3, 0.4) is 0 Å². The second-order valence-electron chi connectivity index (χ2n) is 6.35. The van der Waals surface area contributed by atoms with Gasteiger partial charge in [-0.05, 0) is 37.6 Å². The van der Waals surface area contributed by atoms with Crippen LogP contribution in [0.1, 0.15) is 37.5 Å². The standard InChI is InChI=1S/C22H21NO5/c1-13-9-10-19(26-3)16(11-13)21(24)28-12-18-20(22(25)27-4)14(2)15-7-5-6-8-17(15)23-18/h5-11H,12H2,1-4H3. The second kappa shape index (κ2) is 8.08. The molecule has 0 atom stereocenters. The number of benzene rings is 2. The summed E-state index contributed by atoms with van der Waals surface area (Å²) in [5, 5.41) is 0.846. The van der Waals surface area contributed by atoms with Crippen LogP contribution in [-0.2, 0) is 16.1 Å². The third-order valence-corrected chi connectivity index (χ3v) is 4.53. The van der Waals surface area contributed by atoms with Crippen LogP contribution in [-0.4, -0.2) is 31.1 Å². The van der Waals surface area contributed by atoms with E-state index < -0.39 is 11.9 Å². The lowest BCUT2D eigenvalue weighted by molar-refractivity contribution is 0.0452. The van der Waals surface area contributed by atoms with Gasteiger partial charge in [-0.2, -0.15) is 0 Å². The summed E-state index contributed by atoms with van der Waals surface area (Å²) in [6.07, 6.45) is 0. The van der Waals surface area contributed by atoms with Crippen LogP contribution < -0.4 is 4.74 Å². The Morgan fingerprint density at radius 2 is 1.75 bits per heavy atom. The average Bonchev–Trinajstić information content (AvgIpc) is 2.71. The van der Waals surface area contributed by atoms with Crippen molar-refractivity contribution in [2.24, 2.45) is 0 Å². The predicted molar refractivity (Wildman–Crippen MR) is 105 cm³/mol. The molecule has 144 valence electrons. The van der Waals surface area contributed by atoms with Crippen molar-refractivity contribution in [3.8, 4) is 5.75 Å². The highest BCUT2D eigenvalue weighted by molar-refractivity contribution is 5.98. The van der Waals surface area contributed by atoms with Crippen molar-refractivity contribution in [3.05, 3.63) is 70.4 Å². The number of aromatic nitrogens is 1. The van der Waals surface area contributed by atoms with Gasteiger partial charge in [-0.3, -0.25) is 0 Å². The molecule has 0 radical (unpaired) electrons. The van der Waals surface area contributed by atoms with Gasteiger partial charge in [0, 0.05) is 5.39 Å². The maximum atomic E-state index is 12.6. The number of nitrogens with zero attached hydrogens (tertiary/aromatic N) is 1. The molecule has 0 aliphatic heterocycles. The van der Waals surface area contributed by atoms with Crippen molar-refractivity contribution in [2.45, 2.75) is 20.5 Å². The zero-order valence-corrected chi connectivity index (χ0v) is 16.2. The zero-order chi connectivity index (χ0) is 20.3. The number of para-hydroxylation sites is 1. The number of hydrogen-bond acceptors (Lipinski definition) is 6. The number of carbonyl (C=O) groups is 2. The number of hydrogen-bond donors (Lipinski definition) is 0. The molecule has 1 heterocycles. The van der Waals surface area contributed by atoms with E-state index in [0.29, 0.717) is 28.1 Å². The Bertz CT molecular complexity index is 1060. The molecule has 0 saturated heterocycles. The summed E-state index contributed by atoms with van der Waals surface area (Å²) in [7, 11) is 2.80. The molecular weight excluding hydrogens is 358 g/mol. The van der Waals surface area contributed by atoms with Gasteiger partial charge < -0.3 is 14.2 Å². The van der Waals surface area contributed by atoms with Gasteiger partial charge in [-0.1, -0.05) is 29.8 Å². The Morgan fingerprint density at radius 3 is 2.46 bits per heavy atom. The molecule has 0 saturated carbocycles. The molecule has 3 aromatic rings. The smallest absolute Gasteiger partial charge is 0.342 e. The van der Waals surface area contributed by atoms with Gasteiger partial charge in [-0.15, -0.1) is 0 Å². The van der Waals surface area contributed by atoms with Crippen LogP contribution in [0.4, 0.5) is 0 Å². The van der Waals surface area contributed by atoms with E-state index in [2.05, 4.69) is 4.98 Å². The maximum Gasteiger partial charge on any atom is 0.342 e. The van der Waals surface area contributed by atoms with E-state index in [-0.39, 0.29) is 6.61 Å². The summed E-state index contributed by atoms with van der Waals surface area (Å²) < 4.78 is 15.6. The zero-order valence-electron chi connectivity index (χ0n) is 16.2. The molecule has 6 heteroatoms. The topological polar surface area (TPSA) is 74.7 Å². The third-order valence-electron chi connectivity index (χ3n) is 4.53. The number of aryl methyl sites for hydroxylation is 2. The van der Waals surface area contributed by atoms with Crippen LogP contribution in [0.15, 0.2) is 42.5 Å². The fourth-order valence-electron chi connectivity index (χ4n) is 3.11. The monoisotopic (exact) mass is 379 g/mol. The first-order valence-corrected chi connectivity index (χ1v) is 8.74. The summed E-state index contributed by atoms with van der Waals surface area (Å²) in [5.41, 5.74) is 3.33. The highest BCUT2D eigenvalue weighted by atomic mass is 16.5. The number of ether oxygens (including phenoxy) is 3. The normalized spacial score (nSPS) is 10.6. The van der Waals surface area contributed by atoms with Crippen LogP contribution >= 0.6 is 0 Å². The van der Waals surface area contributed by atoms with Gasteiger partial charge in [0.1, 0.15) is 17.9 Å². The van der Waals surface area contributed by atoms with E-state index in [1.54, 1.807) is 12.1 Å². The highest BCUT2D eigenvalue weighted by Crippen LogP contribution is 2.25. The quantitative estimate of drug-likeness (QED) is 0.624. The van der Waals surface area contributed by atoms with Crippen molar-refractivity contribution in [2.75, 3.05) is 14.2 Å². The van der Waals surface area contributed by atoms with Crippen molar-refractivity contribution < 1.29 is 23.8 Å². The molecule has 28 heavy (non-hydrogen) atoms. The first-order valence-electron chi connectivity index (χ1n) is 8.74. The first-order chi connectivity index (χ1) is 13.5. The number of methoxy groups -OCH3 is 2. The van der Waals surface area contributed by atoms with Crippen molar-refractivity contribution in [1.29, 1.82) is 0 Å². The summed E-state index contributed by atoms with van der Waals surface area (Å²) in [6.45, 7) is 3.54. The van der Waals surface area contributed by atoms with Gasteiger partial charge in [0.05, 0.1) is 31.0 Å². The number of carbonyl (C=O) groups excluding carboxylic acids is 2. The Hall–Kier alpha value is -3.41. The lowest BCUT2D eigenvalue weighted by atomic mass is 10.0. The van der Waals surface area contributed by atoms with E-state index in [0.717, 1.165) is 16.5 Å². The van der Waals surface area contributed by atoms with Gasteiger partial charge in [0.15, 0.2) is 0 Å². The summed E-state index contributed by atoms with van der Waals surface area (Å²) in [4.78, 5) is 29.5. The number of rotatable bonds is 5. The molecule has 3 rings (SSSR count). The summed E-state index contributed by atoms with van der Waals surface area (Å²) in [6, 6.07) is 12.7. The lowest BCUT2D eigenvalue weighted by Gasteiger charge is -2.14. The fraction of sp³-hybridized carbons (Fsp3) is 0.227. The molecule has 0 bridgehead atoms. The molecule has 2 aromatic carbocycles. The van der Waals surface area contributed by atoms with Crippen molar-refractivity contribution >= 4 is 22.8 Å². The minimum absolute atomic E-state index is 0.161. The summed E-state index contributed by atoms with van der Waals surface area (Å²) >= 11 is 0. The molecule has 0 aliphatic carbocycles. The minimum atomic E-state index is -0.552. The maximum absolute atomic E-state index is 12.6. The van der Waals surface area contributed by atoms with Gasteiger partial charge in [0.25, 0.3) is 0 Å². The van der Waals surface area contributed by atoms with E-state index in [4.69, 9.17) is 14.2 Å². The molecule has 0 unspecified atom stereocenters. The Morgan fingerprint density at radius 1 is 1.00 bits per heavy atom.